The lowest BCUT2D eigenvalue weighted by Crippen LogP contribution is -2.37. The lowest BCUT2D eigenvalue weighted by molar-refractivity contribution is 0.669. The van der Waals surface area contributed by atoms with Crippen LogP contribution in [0.4, 0.5) is 0 Å². The molecule has 2 aliphatic rings. The van der Waals surface area contributed by atoms with Gasteiger partial charge in [-0.25, -0.2) is 0 Å². The van der Waals surface area contributed by atoms with Gasteiger partial charge in [0.15, 0.2) is 0 Å². The van der Waals surface area contributed by atoms with Crippen LogP contribution in [0.5, 0.6) is 0 Å². The number of rotatable bonds is 3. The van der Waals surface area contributed by atoms with Crippen molar-refractivity contribution in [1.29, 1.82) is 0 Å². The number of nitrogens with zero attached hydrogens (tertiary/aromatic N) is 1. The summed E-state index contributed by atoms with van der Waals surface area (Å²) in [6.07, 6.45) is 0. The highest BCUT2D eigenvalue weighted by molar-refractivity contribution is 8.00. The number of benzene rings is 8. The van der Waals surface area contributed by atoms with E-state index in [1.165, 1.54) is 91.6 Å². The van der Waals surface area contributed by atoms with Crippen molar-refractivity contribution in [1.82, 2.24) is 4.57 Å². The molecular weight excluding hydrogens is 667 g/mol. The summed E-state index contributed by atoms with van der Waals surface area (Å²) >= 11 is 3.81. The lowest BCUT2D eigenvalue weighted by atomic mass is 9.62. The van der Waals surface area contributed by atoms with Gasteiger partial charge < -0.3 is 4.57 Å². The average Bonchev–Trinajstić information content (AvgIpc) is 3.54. The van der Waals surface area contributed by atoms with Crippen molar-refractivity contribution in [3.8, 4) is 27.9 Å². The summed E-state index contributed by atoms with van der Waals surface area (Å²) in [5.74, 6) is 0. The molecule has 0 bridgehead atoms. The van der Waals surface area contributed by atoms with Gasteiger partial charge in [0, 0.05) is 36.0 Å². The van der Waals surface area contributed by atoms with Gasteiger partial charge >= 0.3 is 0 Å². The molecule has 0 radical (unpaired) electrons. The molecule has 0 unspecified atom stereocenters. The Balaban J connectivity index is 1.22. The van der Waals surface area contributed by atoms with Crippen molar-refractivity contribution in [3.05, 3.63) is 210 Å². The largest absolute Gasteiger partial charge is 0.309 e. The zero-order chi connectivity index (χ0) is 34.2. The van der Waals surface area contributed by atoms with Crippen molar-refractivity contribution in [2.45, 2.75) is 25.0 Å². The van der Waals surface area contributed by atoms with Crippen LogP contribution in [0.15, 0.2) is 208 Å². The molecule has 3 heterocycles. The first-order valence-corrected chi connectivity index (χ1v) is 19.4. The van der Waals surface area contributed by atoms with Crippen molar-refractivity contribution in [2.75, 3.05) is 0 Å². The number of hydrogen-bond acceptors (Lipinski definition) is 2. The number of fused-ring (bicyclic) bond motifs is 11. The lowest BCUT2D eigenvalue weighted by Gasteiger charge is -2.46. The third-order valence-corrected chi connectivity index (χ3v) is 13.2. The van der Waals surface area contributed by atoms with E-state index in [0.29, 0.717) is 0 Å². The fourth-order valence-electron chi connectivity index (χ4n) is 8.77. The minimum absolute atomic E-state index is 0.507. The van der Waals surface area contributed by atoms with E-state index in [1.54, 1.807) is 0 Å². The Morgan fingerprint density at radius 3 is 1.75 bits per heavy atom. The van der Waals surface area contributed by atoms with Gasteiger partial charge in [-0.15, -0.1) is 0 Å². The summed E-state index contributed by atoms with van der Waals surface area (Å²) in [6.45, 7) is 0. The van der Waals surface area contributed by atoms with E-state index in [9.17, 15) is 0 Å². The van der Waals surface area contributed by atoms with Crippen molar-refractivity contribution < 1.29 is 0 Å². The second-order valence-corrected chi connectivity index (χ2v) is 15.8. The van der Waals surface area contributed by atoms with Crippen LogP contribution >= 0.6 is 23.5 Å². The first-order valence-electron chi connectivity index (χ1n) is 17.8. The molecule has 52 heavy (non-hydrogen) atoms. The molecule has 0 saturated heterocycles. The number of hydrogen-bond donors (Lipinski definition) is 0. The van der Waals surface area contributed by atoms with Crippen LogP contribution in [-0.4, -0.2) is 4.57 Å². The van der Waals surface area contributed by atoms with Gasteiger partial charge in [0.05, 0.1) is 16.4 Å². The molecule has 244 valence electrons. The Kier molecular flexibility index (Phi) is 6.70. The molecule has 0 fully saturated rings. The smallest absolute Gasteiger partial charge is 0.0751 e. The van der Waals surface area contributed by atoms with Gasteiger partial charge in [-0.3, -0.25) is 0 Å². The van der Waals surface area contributed by atoms with Gasteiger partial charge in [-0.2, -0.15) is 0 Å². The Labute approximate surface area is 311 Å². The molecule has 0 amide bonds. The minimum Gasteiger partial charge on any atom is -0.309 e. The highest BCUT2D eigenvalue weighted by atomic mass is 32.2. The SMILES string of the molecule is c1ccc(-c2ccc3c(c2)Sc2cccc(-c4ccc5c(c4)c4ccccc4n5-c4ccccc4)c2C32c3ccccc3Sc3ccccc32)cc1. The molecule has 0 N–H and O–H groups in total. The topological polar surface area (TPSA) is 4.93 Å². The van der Waals surface area contributed by atoms with Crippen molar-refractivity contribution in [3.63, 3.8) is 0 Å². The third kappa shape index (κ3) is 4.27. The highest BCUT2D eigenvalue weighted by Gasteiger charge is 2.50. The van der Waals surface area contributed by atoms with Crippen LogP contribution in [0.2, 0.25) is 0 Å². The van der Waals surface area contributed by atoms with Crippen LogP contribution in [0.25, 0.3) is 49.7 Å². The van der Waals surface area contributed by atoms with E-state index in [1.807, 2.05) is 23.5 Å². The van der Waals surface area contributed by atoms with E-state index in [4.69, 9.17) is 0 Å². The fraction of sp³-hybridized carbons (Fsp3) is 0.0204. The third-order valence-electron chi connectivity index (χ3n) is 10.9. The molecule has 0 atom stereocenters. The van der Waals surface area contributed by atoms with Gasteiger partial charge in [0.1, 0.15) is 0 Å². The molecule has 3 heteroatoms. The molecule has 1 nitrogen and oxygen atoms in total. The predicted octanol–water partition coefficient (Wildman–Crippen LogP) is 13.4. The normalized spacial score (nSPS) is 13.8. The van der Waals surface area contributed by atoms with E-state index in [0.717, 1.165) is 0 Å². The molecule has 1 aromatic heterocycles. The molecule has 2 aliphatic heterocycles. The summed E-state index contributed by atoms with van der Waals surface area (Å²) < 4.78 is 2.40. The van der Waals surface area contributed by atoms with Gasteiger partial charge in [0.2, 0.25) is 0 Å². The number of para-hydroxylation sites is 2. The predicted molar refractivity (Wildman–Crippen MR) is 218 cm³/mol. The highest BCUT2D eigenvalue weighted by Crippen LogP contribution is 2.63. The second kappa shape index (κ2) is 11.6. The van der Waals surface area contributed by atoms with Crippen LogP contribution < -0.4 is 0 Å². The Bertz CT molecular complexity index is 2810. The van der Waals surface area contributed by atoms with Crippen LogP contribution in [-0.2, 0) is 5.41 Å². The summed E-state index contributed by atoms with van der Waals surface area (Å²) in [6, 6.07) is 69.8. The molecule has 9 aromatic rings. The molecule has 8 aromatic carbocycles. The van der Waals surface area contributed by atoms with E-state index < -0.39 is 5.41 Å². The standard InChI is InChI=1S/C49H31NS2/c1-3-14-32(15-4-1)33-26-28-41-47(31-33)52-46-25-13-19-36(48(46)49(41)39-20-8-11-23-44(39)51-45-24-12-9-21-40(45)49)34-27-29-43-38(30-34)37-18-7-10-22-42(37)50(43)35-16-5-2-6-17-35/h1-31H. The number of aromatic nitrogens is 1. The second-order valence-electron chi connectivity index (χ2n) is 13.6. The van der Waals surface area contributed by atoms with Gasteiger partial charge in [-0.1, -0.05) is 157 Å². The van der Waals surface area contributed by atoms with Crippen LogP contribution in [0.1, 0.15) is 22.3 Å². The zero-order valence-electron chi connectivity index (χ0n) is 28.2. The maximum absolute atomic E-state index is 2.44. The van der Waals surface area contributed by atoms with Gasteiger partial charge in [-0.05, 0) is 99.1 Å². The van der Waals surface area contributed by atoms with E-state index in [2.05, 4.69) is 193 Å². The summed E-state index contributed by atoms with van der Waals surface area (Å²) in [5.41, 5.74) is 13.5. The molecule has 11 rings (SSSR count). The monoisotopic (exact) mass is 697 g/mol. The van der Waals surface area contributed by atoms with Gasteiger partial charge in [0.25, 0.3) is 0 Å². The first-order chi connectivity index (χ1) is 25.8. The fourth-order valence-corrected chi connectivity index (χ4v) is 11.2. The van der Waals surface area contributed by atoms with E-state index in [-0.39, 0.29) is 0 Å². The summed E-state index contributed by atoms with van der Waals surface area (Å²) in [5, 5.41) is 2.53. The molecule has 0 aliphatic carbocycles. The van der Waals surface area contributed by atoms with E-state index >= 15 is 0 Å². The summed E-state index contributed by atoms with van der Waals surface area (Å²) in [7, 11) is 0. The minimum atomic E-state index is -0.507. The Hall–Kier alpha value is -5.74. The van der Waals surface area contributed by atoms with Crippen LogP contribution in [0, 0.1) is 0 Å². The quantitative estimate of drug-likeness (QED) is 0.181. The van der Waals surface area contributed by atoms with Crippen molar-refractivity contribution >= 4 is 45.3 Å². The summed E-state index contributed by atoms with van der Waals surface area (Å²) in [4.78, 5) is 5.24. The Morgan fingerprint density at radius 1 is 0.365 bits per heavy atom. The molecule has 0 saturated carbocycles. The first kappa shape index (κ1) is 29.9. The Morgan fingerprint density at radius 2 is 0.962 bits per heavy atom. The van der Waals surface area contributed by atoms with Crippen LogP contribution in [0.3, 0.4) is 0 Å². The average molecular weight is 698 g/mol. The van der Waals surface area contributed by atoms with Crippen molar-refractivity contribution in [2.24, 2.45) is 0 Å². The molecular formula is C49H31NS2. The maximum Gasteiger partial charge on any atom is 0.0751 e. The molecule has 1 spiro atoms. The zero-order valence-corrected chi connectivity index (χ0v) is 29.8. The maximum atomic E-state index is 2.44.